The van der Waals surface area contributed by atoms with Crippen LogP contribution in [-0.4, -0.2) is 6.98 Å². The van der Waals surface area contributed by atoms with E-state index in [-0.39, 0.29) is 0 Å². The van der Waals surface area contributed by atoms with Gasteiger partial charge in [0, 0.05) is 0 Å². The molecule has 0 saturated heterocycles. The Hall–Kier alpha value is -0.925. The molecular weight excluding hydrogens is 164 g/mol. The van der Waals surface area contributed by atoms with Crippen LogP contribution in [0.1, 0.15) is 11.1 Å². The highest BCUT2D eigenvalue weighted by molar-refractivity contribution is 6.57. The van der Waals surface area contributed by atoms with Crippen molar-refractivity contribution in [2.75, 3.05) is 0 Å². The van der Waals surface area contributed by atoms with E-state index in [1.54, 1.807) is 12.1 Å². The Morgan fingerprint density at radius 2 is 1.58 bits per heavy atom. The lowest BCUT2D eigenvalue weighted by Crippen LogP contribution is -2.19. The molecule has 0 aliphatic heterocycles. The Morgan fingerprint density at radius 1 is 1.08 bits per heavy atom. The van der Waals surface area contributed by atoms with E-state index in [2.05, 4.69) is 0 Å². The zero-order chi connectivity index (χ0) is 9.19. The van der Waals surface area contributed by atoms with Crippen LogP contribution in [0.15, 0.2) is 24.3 Å². The number of halogens is 3. The lowest BCUT2D eigenvalue weighted by Gasteiger charge is -2.13. The number of aryl methyl sites for hydroxylation is 1. The van der Waals surface area contributed by atoms with E-state index in [0.29, 0.717) is 5.56 Å². The predicted octanol–water partition coefficient (Wildman–Crippen LogP) is 2.92. The Kier molecular flexibility index (Phi) is 2.45. The molecule has 1 aromatic carbocycles. The summed E-state index contributed by atoms with van der Waals surface area (Å²) >= 11 is 0. The number of hydrogen-bond acceptors (Lipinski definition) is 0. The van der Waals surface area contributed by atoms with E-state index in [4.69, 9.17) is 0 Å². The molecule has 0 spiro atoms. The Balaban J connectivity index is 2.71. The van der Waals surface area contributed by atoms with Crippen molar-refractivity contribution in [3.05, 3.63) is 35.4 Å². The summed E-state index contributed by atoms with van der Waals surface area (Å²) in [5.41, 5.74) is 1.32. The fourth-order valence-corrected chi connectivity index (χ4v) is 0.991. The van der Waals surface area contributed by atoms with Crippen LogP contribution in [0.3, 0.4) is 0 Å². The van der Waals surface area contributed by atoms with Crippen LogP contribution in [0, 0.1) is 6.92 Å². The van der Waals surface area contributed by atoms with Crippen molar-refractivity contribution >= 4 is 6.98 Å². The first-order valence-corrected chi connectivity index (χ1v) is 3.74. The molecule has 0 heterocycles. The minimum absolute atomic E-state index is 0.341. The fraction of sp³-hybridized carbons (Fsp3) is 0.250. The van der Waals surface area contributed by atoms with Gasteiger partial charge >= 0.3 is 6.98 Å². The van der Waals surface area contributed by atoms with Gasteiger partial charge in [-0.15, -0.1) is 0 Å². The summed E-state index contributed by atoms with van der Waals surface area (Å²) in [5, 5.41) is 0. The first-order chi connectivity index (χ1) is 5.47. The molecule has 0 fully saturated rings. The maximum atomic E-state index is 11.9. The third kappa shape index (κ3) is 2.99. The molecule has 0 atom stereocenters. The zero-order valence-electron chi connectivity index (χ0n) is 6.73. The fourth-order valence-electron chi connectivity index (χ4n) is 0.991. The molecule has 12 heavy (non-hydrogen) atoms. The van der Waals surface area contributed by atoms with Gasteiger partial charge in [-0.1, -0.05) is 41.7 Å². The van der Waals surface area contributed by atoms with Gasteiger partial charge in [-0.2, -0.15) is 0 Å². The highest BCUT2D eigenvalue weighted by atomic mass is 19.4. The zero-order valence-corrected chi connectivity index (χ0v) is 6.73. The second-order valence-corrected chi connectivity index (χ2v) is 2.90. The third-order valence-electron chi connectivity index (χ3n) is 1.59. The van der Waals surface area contributed by atoms with Gasteiger partial charge in [-0.3, -0.25) is 0 Å². The molecule has 0 aliphatic rings. The summed E-state index contributed by atoms with van der Waals surface area (Å²) in [4.78, 5) is 0. The van der Waals surface area contributed by atoms with Gasteiger partial charge in [0.15, 0.2) is 0 Å². The Morgan fingerprint density at radius 3 is 2.00 bits per heavy atom. The van der Waals surface area contributed by atoms with Crippen molar-refractivity contribution in [3.8, 4) is 0 Å². The van der Waals surface area contributed by atoms with Crippen molar-refractivity contribution in [1.82, 2.24) is 0 Å². The first kappa shape index (κ1) is 9.17. The van der Waals surface area contributed by atoms with Crippen LogP contribution in [0.5, 0.6) is 0 Å². The molecule has 1 aromatic rings. The standard InChI is InChI=1S/C8H9BF3/c1-7-2-4-8(5-3-7)6-9(10,11)12/h2-5H,6H2,1H3/q-1. The number of hydrogen-bond donors (Lipinski definition) is 0. The molecule has 0 nitrogen and oxygen atoms in total. The molecule has 66 valence electrons. The smallest absolute Gasteiger partial charge is 0.449 e. The summed E-state index contributed by atoms with van der Waals surface area (Å²) in [5.74, 6) is 0. The molecule has 4 heteroatoms. The van der Waals surface area contributed by atoms with Gasteiger partial charge in [0.25, 0.3) is 0 Å². The highest BCUT2D eigenvalue weighted by Gasteiger charge is 2.22. The Bertz CT molecular complexity index is 250. The van der Waals surface area contributed by atoms with Gasteiger partial charge in [0.05, 0.1) is 0 Å². The van der Waals surface area contributed by atoms with E-state index in [9.17, 15) is 12.9 Å². The van der Waals surface area contributed by atoms with Crippen molar-refractivity contribution in [2.24, 2.45) is 0 Å². The quantitative estimate of drug-likeness (QED) is 0.603. The molecule has 0 saturated carbocycles. The summed E-state index contributed by atoms with van der Waals surface area (Å²) < 4.78 is 35.7. The molecular formula is C8H9BF3-. The first-order valence-electron chi connectivity index (χ1n) is 3.74. The molecule has 0 aliphatic carbocycles. The average molecular weight is 173 g/mol. The molecule has 0 radical (unpaired) electrons. The topological polar surface area (TPSA) is 0 Å². The van der Waals surface area contributed by atoms with Gasteiger partial charge in [-0.05, 0) is 6.92 Å². The van der Waals surface area contributed by atoms with Gasteiger partial charge in [0.1, 0.15) is 0 Å². The normalized spacial score (nSPS) is 11.7. The third-order valence-corrected chi connectivity index (χ3v) is 1.59. The van der Waals surface area contributed by atoms with E-state index in [0.717, 1.165) is 5.56 Å². The minimum atomic E-state index is -4.69. The van der Waals surface area contributed by atoms with Crippen LogP contribution in [0.2, 0.25) is 0 Å². The molecule has 1 rings (SSSR count). The molecule has 0 unspecified atom stereocenters. The number of benzene rings is 1. The van der Waals surface area contributed by atoms with E-state index >= 15 is 0 Å². The lowest BCUT2D eigenvalue weighted by molar-refractivity contribution is 0.468. The van der Waals surface area contributed by atoms with E-state index in [1.807, 2.05) is 6.92 Å². The van der Waals surface area contributed by atoms with Crippen LogP contribution in [-0.2, 0) is 6.32 Å². The highest BCUT2D eigenvalue weighted by Crippen LogP contribution is 2.16. The van der Waals surface area contributed by atoms with Gasteiger partial charge in [0.2, 0.25) is 0 Å². The average Bonchev–Trinajstić information content (AvgIpc) is 1.91. The monoisotopic (exact) mass is 173 g/mol. The predicted molar refractivity (Wildman–Crippen MR) is 44.0 cm³/mol. The molecule has 0 N–H and O–H groups in total. The van der Waals surface area contributed by atoms with Crippen LogP contribution < -0.4 is 0 Å². The summed E-state index contributed by atoms with van der Waals surface area (Å²) in [6.07, 6.45) is -0.777. The second kappa shape index (κ2) is 3.21. The lowest BCUT2D eigenvalue weighted by atomic mass is 9.82. The van der Waals surface area contributed by atoms with Crippen molar-refractivity contribution < 1.29 is 12.9 Å². The summed E-state index contributed by atoms with van der Waals surface area (Å²) in [6, 6.07) is 6.42. The summed E-state index contributed by atoms with van der Waals surface area (Å²) in [7, 11) is 0. The van der Waals surface area contributed by atoms with Crippen LogP contribution >= 0.6 is 0 Å². The molecule has 0 bridgehead atoms. The molecule has 0 amide bonds. The number of rotatable bonds is 2. The SMILES string of the molecule is Cc1ccc(C[B-](F)(F)F)cc1. The largest absolute Gasteiger partial charge is 0.482 e. The maximum Gasteiger partial charge on any atom is 0.482 e. The summed E-state index contributed by atoms with van der Waals surface area (Å²) in [6.45, 7) is -2.84. The van der Waals surface area contributed by atoms with Crippen molar-refractivity contribution in [2.45, 2.75) is 13.2 Å². The molecule has 0 aromatic heterocycles. The van der Waals surface area contributed by atoms with Crippen molar-refractivity contribution in [3.63, 3.8) is 0 Å². The Labute approximate surface area is 69.5 Å². The van der Waals surface area contributed by atoms with E-state index in [1.165, 1.54) is 12.1 Å². The van der Waals surface area contributed by atoms with Gasteiger partial charge < -0.3 is 12.9 Å². The maximum absolute atomic E-state index is 11.9. The van der Waals surface area contributed by atoms with Crippen LogP contribution in [0.25, 0.3) is 0 Å². The van der Waals surface area contributed by atoms with Crippen LogP contribution in [0.4, 0.5) is 12.9 Å². The van der Waals surface area contributed by atoms with Gasteiger partial charge in [-0.25, -0.2) is 0 Å². The van der Waals surface area contributed by atoms with E-state index < -0.39 is 13.3 Å². The van der Waals surface area contributed by atoms with Crippen molar-refractivity contribution in [1.29, 1.82) is 0 Å². The minimum Gasteiger partial charge on any atom is -0.449 e. The second-order valence-electron chi connectivity index (χ2n) is 2.90.